The number of nitrogens with one attached hydrogen (secondary N) is 1. The summed E-state index contributed by atoms with van der Waals surface area (Å²) >= 11 is 0. The third-order valence-corrected chi connectivity index (χ3v) is 4.09. The van der Waals surface area contributed by atoms with Gasteiger partial charge in [0.25, 0.3) is 11.6 Å². The summed E-state index contributed by atoms with van der Waals surface area (Å²) in [6.45, 7) is 0. The van der Waals surface area contributed by atoms with Crippen LogP contribution in [-0.2, 0) is 11.0 Å². The molecule has 156 valence electrons. The van der Waals surface area contributed by atoms with Crippen LogP contribution >= 0.6 is 0 Å². The zero-order valence-corrected chi connectivity index (χ0v) is 15.5. The Morgan fingerprint density at radius 3 is 2.45 bits per heavy atom. The maximum absolute atomic E-state index is 12.9. The molecule has 1 amide bonds. The van der Waals surface area contributed by atoms with Gasteiger partial charge < -0.3 is 9.73 Å². The molecule has 1 heterocycles. The number of nitrogens with zero attached hydrogens (tertiary/aromatic N) is 2. The summed E-state index contributed by atoms with van der Waals surface area (Å²) in [5, 5.41) is 22.4. The van der Waals surface area contributed by atoms with E-state index in [0.717, 1.165) is 18.2 Å². The van der Waals surface area contributed by atoms with Gasteiger partial charge in [0.05, 0.1) is 10.5 Å². The summed E-state index contributed by atoms with van der Waals surface area (Å²) < 4.78 is 44.1. The van der Waals surface area contributed by atoms with Crippen LogP contribution in [0, 0.1) is 21.4 Å². The average molecular weight is 427 g/mol. The van der Waals surface area contributed by atoms with Gasteiger partial charge in [-0.2, -0.15) is 18.4 Å². The van der Waals surface area contributed by atoms with Gasteiger partial charge >= 0.3 is 6.18 Å². The van der Waals surface area contributed by atoms with E-state index in [-0.39, 0.29) is 34.0 Å². The fourth-order valence-electron chi connectivity index (χ4n) is 2.59. The quantitative estimate of drug-likeness (QED) is 0.253. The molecule has 2 aromatic carbocycles. The lowest BCUT2D eigenvalue weighted by Gasteiger charge is -2.07. The van der Waals surface area contributed by atoms with Gasteiger partial charge in [0.2, 0.25) is 0 Å². The molecule has 31 heavy (non-hydrogen) atoms. The number of non-ortho nitro benzene ring substituents is 1. The van der Waals surface area contributed by atoms with Crippen molar-refractivity contribution < 1.29 is 27.3 Å². The van der Waals surface area contributed by atoms with Gasteiger partial charge in [-0.05, 0) is 36.4 Å². The summed E-state index contributed by atoms with van der Waals surface area (Å²) in [5.74, 6) is -0.568. The Morgan fingerprint density at radius 2 is 1.84 bits per heavy atom. The molecule has 0 unspecified atom stereocenters. The Balaban J connectivity index is 1.79. The number of nitro groups is 1. The molecule has 0 radical (unpaired) electrons. The first-order chi connectivity index (χ1) is 14.7. The molecule has 3 aromatic rings. The van der Waals surface area contributed by atoms with Crippen molar-refractivity contribution in [2.75, 3.05) is 5.32 Å². The van der Waals surface area contributed by atoms with Gasteiger partial charge in [0, 0.05) is 29.5 Å². The lowest BCUT2D eigenvalue weighted by molar-refractivity contribution is -0.384. The van der Waals surface area contributed by atoms with Gasteiger partial charge in [-0.15, -0.1) is 0 Å². The average Bonchev–Trinajstić information content (AvgIpc) is 3.20. The lowest BCUT2D eigenvalue weighted by atomic mass is 10.1. The number of benzene rings is 2. The molecule has 0 aliphatic rings. The molecule has 1 aromatic heterocycles. The number of carbonyl (C=O) groups is 1. The van der Waals surface area contributed by atoms with Gasteiger partial charge in [0.1, 0.15) is 23.2 Å². The smallest absolute Gasteiger partial charge is 0.416 e. The highest BCUT2D eigenvalue weighted by Crippen LogP contribution is 2.33. The van der Waals surface area contributed by atoms with E-state index in [1.54, 1.807) is 6.07 Å². The second kappa shape index (κ2) is 8.54. The number of amides is 1. The molecule has 0 saturated carbocycles. The number of anilines is 1. The first kappa shape index (κ1) is 21.3. The third kappa shape index (κ3) is 5.16. The van der Waals surface area contributed by atoms with Crippen molar-refractivity contribution in [1.82, 2.24) is 0 Å². The number of carbonyl (C=O) groups excluding carboxylic acids is 1. The van der Waals surface area contributed by atoms with Crippen LogP contribution in [0.3, 0.4) is 0 Å². The molecule has 0 bridgehead atoms. The molecular weight excluding hydrogens is 415 g/mol. The summed E-state index contributed by atoms with van der Waals surface area (Å²) in [4.78, 5) is 22.4. The Hall–Kier alpha value is -4.39. The van der Waals surface area contributed by atoms with Gasteiger partial charge in [-0.3, -0.25) is 14.9 Å². The molecule has 0 fully saturated rings. The Kier molecular flexibility index (Phi) is 5.88. The van der Waals surface area contributed by atoms with Crippen LogP contribution in [0.15, 0.2) is 70.7 Å². The van der Waals surface area contributed by atoms with Crippen LogP contribution in [-0.4, -0.2) is 10.8 Å². The topological polar surface area (TPSA) is 109 Å². The van der Waals surface area contributed by atoms with E-state index in [0.29, 0.717) is 0 Å². The van der Waals surface area contributed by atoms with E-state index in [2.05, 4.69) is 5.32 Å². The molecule has 1 N–H and O–H groups in total. The number of hydrogen-bond donors (Lipinski definition) is 1. The molecule has 0 saturated heterocycles. The van der Waals surface area contributed by atoms with E-state index in [9.17, 15) is 33.3 Å². The Morgan fingerprint density at radius 1 is 1.13 bits per heavy atom. The minimum atomic E-state index is -4.50. The molecule has 0 spiro atoms. The summed E-state index contributed by atoms with van der Waals surface area (Å²) in [6.07, 6.45) is -3.37. The van der Waals surface area contributed by atoms with Crippen LogP contribution in [0.4, 0.5) is 24.5 Å². The second-order valence-corrected chi connectivity index (χ2v) is 6.21. The van der Waals surface area contributed by atoms with Crippen molar-refractivity contribution >= 4 is 23.4 Å². The highest BCUT2D eigenvalue weighted by atomic mass is 19.4. The number of hydrogen-bond acceptors (Lipinski definition) is 5. The predicted molar refractivity (Wildman–Crippen MR) is 104 cm³/mol. The monoisotopic (exact) mass is 427 g/mol. The van der Waals surface area contributed by atoms with Crippen molar-refractivity contribution in [3.05, 3.63) is 87.7 Å². The fourth-order valence-corrected chi connectivity index (χ4v) is 2.59. The first-order valence-corrected chi connectivity index (χ1v) is 8.62. The maximum atomic E-state index is 12.9. The zero-order chi connectivity index (χ0) is 22.6. The fraction of sp³-hybridized carbons (Fsp3) is 0.0476. The number of halogens is 3. The molecular formula is C21H12F3N3O4. The number of alkyl halides is 3. The van der Waals surface area contributed by atoms with E-state index in [4.69, 9.17) is 4.42 Å². The Bertz CT molecular complexity index is 1210. The summed E-state index contributed by atoms with van der Waals surface area (Å²) in [7, 11) is 0. The normalized spacial score (nSPS) is 11.6. The highest BCUT2D eigenvalue weighted by molar-refractivity contribution is 6.09. The minimum Gasteiger partial charge on any atom is -0.457 e. The Labute approximate surface area is 173 Å². The first-order valence-electron chi connectivity index (χ1n) is 8.62. The maximum Gasteiger partial charge on any atom is 0.416 e. The summed E-state index contributed by atoms with van der Waals surface area (Å²) in [6, 6.07) is 14.1. The zero-order valence-electron chi connectivity index (χ0n) is 15.5. The van der Waals surface area contributed by atoms with Gasteiger partial charge in [0.15, 0.2) is 0 Å². The largest absolute Gasteiger partial charge is 0.457 e. The van der Waals surface area contributed by atoms with Crippen LogP contribution in [0.25, 0.3) is 17.4 Å². The summed E-state index contributed by atoms with van der Waals surface area (Å²) in [5.41, 5.74) is -0.905. The van der Waals surface area contributed by atoms with E-state index < -0.39 is 22.6 Å². The van der Waals surface area contributed by atoms with E-state index >= 15 is 0 Å². The minimum absolute atomic E-state index is 0.0859. The highest BCUT2D eigenvalue weighted by Gasteiger charge is 2.30. The van der Waals surface area contributed by atoms with Crippen LogP contribution < -0.4 is 5.32 Å². The van der Waals surface area contributed by atoms with Crippen molar-refractivity contribution in [1.29, 1.82) is 5.26 Å². The van der Waals surface area contributed by atoms with Crippen molar-refractivity contribution in [2.45, 2.75) is 6.18 Å². The standard InChI is InChI=1S/C21H12F3N3O4/c22-21(23,24)15-3-1-2-13(10-15)19-9-8-18(31-19)11-14(12-25)20(28)26-16-4-6-17(7-5-16)27(29)30/h1-11H,(H,26,28). The molecule has 0 aliphatic heterocycles. The molecule has 10 heteroatoms. The van der Waals surface area contributed by atoms with Gasteiger partial charge in [-0.25, -0.2) is 0 Å². The van der Waals surface area contributed by atoms with Crippen LogP contribution in [0.1, 0.15) is 11.3 Å². The van der Waals surface area contributed by atoms with E-state index in [1.807, 2.05) is 0 Å². The number of rotatable bonds is 5. The van der Waals surface area contributed by atoms with Crippen molar-refractivity contribution in [2.24, 2.45) is 0 Å². The van der Waals surface area contributed by atoms with Crippen LogP contribution in [0.5, 0.6) is 0 Å². The van der Waals surface area contributed by atoms with Crippen LogP contribution in [0.2, 0.25) is 0 Å². The van der Waals surface area contributed by atoms with Crippen molar-refractivity contribution in [3.63, 3.8) is 0 Å². The molecule has 7 nitrogen and oxygen atoms in total. The number of nitro benzene ring substituents is 1. The molecule has 3 rings (SSSR count). The number of furan rings is 1. The SMILES string of the molecule is N#CC(=Cc1ccc(-c2cccc(C(F)(F)F)c2)o1)C(=O)Nc1ccc([N+](=O)[O-])cc1. The molecule has 0 atom stereocenters. The third-order valence-electron chi connectivity index (χ3n) is 4.09. The molecule has 0 aliphatic carbocycles. The van der Waals surface area contributed by atoms with Crippen molar-refractivity contribution in [3.8, 4) is 17.4 Å². The lowest BCUT2D eigenvalue weighted by Crippen LogP contribution is -2.13. The number of nitriles is 1. The second-order valence-electron chi connectivity index (χ2n) is 6.21. The van der Waals surface area contributed by atoms with Gasteiger partial charge in [-0.1, -0.05) is 12.1 Å². The van der Waals surface area contributed by atoms with E-state index in [1.165, 1.54) is 48.5 Å². The predicted octanol–water partition coefficient (Wildman–Crippen LogP) is 5.42.